The van der Waals surface area contributed by atoms with E-state index >= 15 is 0 Å². The average molecular weight is 535 g/mol. The average Bonchev–Trinajstić information content (AvgIpc) is 3.02. The molecule has 0 radical (unpaired) electrons. The van der Waals surface area contributed by atoms with Crippen molar-refractivity contribution >= 4 is 66.9 Å². The maximum atomic E-state index is 13.1. The number of hydrogen-bond acceptors (Lipinski definition) is 5. The van der Waals surface area contributed by atoms with Crippen LogP contribution >= 0.6 is 46.7 Å². The summed E-state index contributed by atoms with van der Waals surface area (Å²) in [6.07, 6.45) is 0.494. The lowest BCUT2D eigenvalue weighted by Gasteiger charge is -2.48. The molecule has 1 fully saturated rings. The van der Waals surface area contributed by atoms with Crippen molar-refractivity contribution in [1.82, 2.24) is 4.90 Å². The molecule has 1 N–H and O–H groups in total. The van der Waals surface area contributed by atoms with Crippen LogP contribution in [0.5, 0.6) is 0 Å². The van der Waals surface area contributed by atoms with Gasteiger partial charge in [-0.05, 0) is 42.2 Å². The third-order valence-corrected chi connectivity index (χ3v) is 14.3. The van der Waals surface area contributed by atoms with Crippen molar-refractivity contribution in [3.8, 4) is 0 Å². The standard InChI is InChI=1S/C22H29Cl2NO4S2Si/c1-7-15(29-32(5,6)22(2,3)4)16-18(26)25-17(20(27)28)21(31-19(16)25)30-11-12-8-9-13(23)14(24)10-12/h8-10,15-16,19H,7,11H2,1-6H3,(H,27,28)/t15-,16+,19+/m0/s1. The summed E-state index contributed by atoms with van der Waals surface area (Å²) >= 11 is 15.0. The van der Waals surface area contributed by atoms with Gasteiger partial charge in [-0.25, -0.2) is 4.79 Å². The molecule has 2 aliphatic rings. The molecule has 10 heteroatoms. The summed E-state index contributed by atoms with van der Waals surface area (Å²) in [5.74, 6) is -1.04. The Hall–Kier alpha value is -0.643. The Kier molecular flexibility index (Phi) is 7.75. The van der Waals surface area contributed by atoms with Crippen molar-refractivity contribution in [3.63, 3.8) is 0 Å². The van der Waals surface area contributed by atoms with Crippen molar-refractivity contribution in [2.45, 2.75) is 69.5 Å². The first-order chi connectivity index (χ1) is 14.8. The van der Waals surface area contributed by atoms with Crippen LogP contribution < -0.4 is 0 Å². The van der Waals surface area contributed by atoms with Crippen LogP contribution in [0.25, 0.3) is 0 Å². The van der Waals surface area contributed by atoms with Crippen LogP contribution in [0.2, 0.25) is 28.2 Å². The van der Waals surface area contributed by atoms with Gasteiger partial charge in [-0.2, -0.15) is 0 Å². The summed E-state index contributed by atoms with van der Waals surface area (Å²) < 4.78 is 7.24. The molecule has 2 heterocycles. The first kappa shape index (κ1) is 26.0. The third-order valence-electron chi connectivity index (χ3n) is 6.36. The summed E-state index contributed by atoms with van der Waals surface area (Å²) in [7, 11) is -2.07. The highest BCUT2D eigenvalue weighted by atomic mass is 35.5. The molecular weight excluding hydrogens is 505 g/mol. The number of carbonyl (C=O) groups excluding carboxylic acids is 1. The van der Waals surface area contributed by atoms with Crippen LogP contribution in [0.1, 0.15) is 39.7 Å². The van der Waals surface area contributed by atoms with Gasteiger partial charge in [0.2, 0.25) is 5.91 Å². The second-order valence-corrected chi connectivity index (χ2v) is 17.5. The highest BCUT2D eigenvalue weighted by Crippen LogP contribution is 2.55. The quantitative estimate of drug-likeness (QED) is 0.292. The van der Waals surface area contributed by atoms with E-state index in [-0.39, 0.29) is 34.0 Å². The van der Waals surface area contributed by atoms with Crippen LogP contribution in [0.3, 0.4) is 0 Å². The fourth-order valence-electron chi connectivity index (χ4n) is 3.49. The number of halogens is 2. The van der Waals surface area contributed by atoms with E-state index in [1.54, 1.807) is 12.1 Å². The number of aliphatic carboxylic acids is 1. The molecule has 0 aromatic heterocycles. The number of rotatable bonds is 8. The first-order valence-electron chi connectivity index (χ1n) is 10.5. The van der Waals surface area contributed by atoms with Crippen LogP contribution in [0, 0.1) is 5.92 Å². The van der Waals surface area contributed by atoms with Gasteiger partial charge in [0.05, 0.1) is 26.3 Å². The minimum atomic E-state index is -2.07. The fraction of sp³-hybridized carbons (Fsp3) is 0.545. The predicted molar refractivity (Wildman–Crippen MR) is 136 cm³/mol. The lowest BCUT2D eigenvalue weighted by molar-refractivity contribution is -0.156. The minimum Gasteiger partial charge on any atom is -0.477 e. The number of carbonyl (C=O) groups is 2. The molecule has 1 aromatic carbocycles. The van der Waals surface area contributed by atoms with Gasteiger partial charge in [0.15, 0.2) is 14.0 Å². The monoisotopic (exact) mass is 533 g/mol. The number of carboxylic acids is 1. The molecule has 3 rings (SSSR count). The normalized spacial score (nSPS) is 22.1. The number of benzene rings is 1. The van der Waals surface area contributed by atoms with E-state index in [1.165, 1.54) is 28.4 Å². The molecule has 1 amide bonds. The molecule has 0 spiro atoms. The van der Waals surface area contributed by atoms with Gasteiger partial charge in [-0.15, -0.1) is 11.8 Å². The zero-order valence-electron chi connectivity index (χ0n) is 19.1. The summed E-state index contributed by atoms with van der Waals surface area (Å²) in [5, 5.41) is 10.6. The van der Waals surface area contributed by atoms with Gasteiger partial charge in [-0.1, -0.05) is 68.7 Å². The zero-order valence-corrected chi connectivity index (χ0v) is 23.2. The molecule has 5 nitrogen and oxygen atoms in total. The Bertz CT molecular complexity index is 964. The number of hydrogen-bond donors (Lipinski definition) is 1. The highest BCUT2D eigenvalue weighted by Gasteiger charge is 2.59. The summed E-state index contributed by atoms with van der Waals surface area (Å²) in [6, 6.07) is 5.37. The Labute approximate surface area is 209 Å². The SMILES string of the molecule is CC[C@H](O[Si](C)(C)C(C)(C)C)[C@@H]1C(=O)N2C(C(=O)O)=C(SCc3ccc(Cl)c(Cl)c3)S[C@H]12. The highest BCUT2D eigenvalue weighted by molar-refractivity contribution is 8.22. The number of nitrogens with zero attached hydrogens (tertiary/aromatic N) is 1. The van der Waals surface area contributed by atoms with Gasteiger partial charge in [0, 0.05) is 5.75 Å². The van der Waals surface area contributed by atoms with E-state index in [0.29, 0.717) is 26.5 Å². The third kappa shape index (κ3) is 4.91. The lowest BCUT2D eigenvalue weighted by Crippen LogP contribution is -2.63. The fourth-order valence-corrected chi connectivity index (χ4v) is 8.05. The lowest BCUT2D eigenvalue weighted by atomic mass is 9.90. The molecule has 0 unspecified atom stereocenters. The van der Waals surface area contributed by atoms with Gasteiger partial charge in [0.25, 0.3) is 0 Å². The van der Waals surface area contributed by atoms with Gasteiger partial charge >= 0.3 is 5.97 Å². The Morgan fingerprint density at radius 3 is 2.50 bits per heavy atom. The van der Waals surface area contributed by atoms with Gasteiger partial charge in [0.1, 0.15) is 5.37 Å². The summed E-state index contributed by atoms with van der Waals surface area (Å²) in [4.78, 5) is 26.6. The molecule has 0 aliphatic carbocycles. The number of fused-ring (bicyclic) bond motifs is 1. The molecule has 3 atom stereocenters. The molecule has 0 saturated carbocycles. The minimum absolute atomic E-state index is 0.0288. The van der Waals surface area contributed by atoms with E-state index in [2.05, 4.69) is 33.9 Å². The summed E-state index contributed by atoms with van der Waals surface area (Å²) in [6.45, 7) is 12.9. The van der Waals surface area contributed by atoms with E-state index in [9.17, 15) is 14.7 Å². The van der Waals surface area contributed by atoms with Crippen molar-refractivity contribution in [2.24, 2.45) is 5.92 Å². The van der Waals surface area contributed by atoms with Gasteiger partial charge in [-0.3, -0.25) is 9.69 Å². The second kappa shape index (κ2) is 9.54. The van der Waals surface area contributed by atoms with Crippen LogP contribution in [-0.4, -0.2) is 41.7 Å². The zero-order chi connectivity index (χ0) is 24.0. The van der Waals surface area contributed by atoms with Crippen molar-refractivity contribution in [1.29, 1.82) is 0 Å². The number of carboxylic acid groups (broad SMARTS) is 1. The maximum Gasteiger partial charge on any atom is 0.354 e. The molecular formula is C22H29Cl2NO4S2Si. The van der Waals surface area contributed by atoms with Crippen LogP contribution in [0.4, 0.5) is 0 Å². The van der Waals surface area contributed by atoms with Crippen LogP contribution in [-0.2, 0) is 19.8 Å². The molecule has 1 saturated heterocycles. The van der Waals surface area contributed by atoms with E-state index in [1.807, 2.05) is 13.0 Å². The Balaban J connectivity index is 1.77. The molecule has 176 valence electrons. The Morgan fingerprint density at radius 2 is 1.97 bits per heavy atom. The Morgan fingerprint density at radius 1 is 1.31 bits per heavy atom. The van der Waals surface area contributed by atoms with Crippen LogP contribution in [0.15, 0.2) is 28.1 Å². The number of amides is 1. The van der Waals surface area contributed by atoms with E-state index < -0.39 is 14.3 Å². The molecule has 1 aromatic rings. The smallest absolute Gasteiger partial charge is 0.354 e. The van der Waals surface area contributed by atoms with E-state index in [0.717, 1.165) is 5.56 Å². The molecule has 32 heavy (non-hydrogen) atoms. The first-order valence-corrected chi connectivity index (χ1v) is 16.0. The molecule has 2 aliphatic heterocycles. The van der Waals surface area contributed by atoms with Gasteiger partial charge < -0.3 is 9.53 Å². The van der Waals surface area contributed by atoms with E-state index in [4.69, 9.17) is 27.6 Å². The van der Waals surface area contributed by atoms with Crippen molar-refractivity contribution in [2.75, 3.05) is 0 Å². The number of β-lactam (4-membered cyclic amide) rings is 1. The predicted octanol–water partition coefficient (Wildman–Crippen LogP) is 6.81. The maximum absolute atomic E-state index is 13.1. The number of thioether (sulfide) groups is 2. The topological polar surface area (TPSA) is 66.8 Å². The van der Waals surface area contributed by atoms with Crippen molar-refractivity contribution in [3.05, 3.63) is 43.7 Å². The molecule has 0 bridgehead atoms. The second-order valence-electron chi connectivity index (χ2n) is 9.55. The summed E-state index contributed by atoms with van der Waals surface area (Å²) in [5.41, 5.74) is 1.01. The van der Waals surface area contributed by atoms with Crippen molar-refractivity contribution < 1.29 is 19.1 Å². The largest absolute Gasteiger partial charge is 0.477 e.